The van der Waals surface area contributed by atoms with Crippen LogP contribution in [0.15, 0.2) is 28.9 Å². The number of allylic oxidation sites excluding steroid dienone is 3. The molecule has 0 radical (unpaired) electrons. The molecule has 0 N–H and O–H groups in total. The molecule has 0 saturated heterocycles. The van der Waals surface area contributed by atoms with Crippen molar-refractivity contribution < 1.29 is 0 Å². The van der Waals surface area contributed by atoms with Crippen LogP contribution >= 0.6 is 0 Å². The number of hydrogen-bond acceptors (Lipinski definition) is 1. The summed E-state index contributed by atoms with van der Waals surface area (Å²) in [5, 5.41) is 0. The van der Waals surface area contributed by atoms with E-state index in [1.165, 1.54) is 18.4 Å². The van der Waals surface area contributed by atoms with Gasteiger partial charge in [0.05, 0.1) is 0 Å². The summed E-state index contributed by atoms with van der Waals surface area (Å²) in [6, 6.07) is 0. The zero-order valence-electron chi connectivity index (χ0n) is 9.30. The lowest BCUT2D eigenvalue weighted by Crippen LogP contribution is -2.12. The maximum atomic E-state index is 3.84. The minimum absolute atomic E-state index is 0.211. The average molecular weight is 179 g/mol. The van der Waals surface area contributed by atoms with Crippen LogP contribution < -0.4 is 0 Å². The minimum atomic E-state index is 0.211. The second kappa shape index (κ2) is 5.74. The van der Waals surface area contributed by atoms with Crippen molar-refractivity contribution in [1.29, 1.82) is 0 Å². The third-order valence-electron chi connectivity index (χ3n) is 2.23. The first-order valence-electron chi connectivity index (χ1n) is 4.87. The van der Waals surface area contributed by atoms with Crippen LogP contribution in [0.1, 0.15) is 40.5 Å². The van der Waals surface area contributed by atoms with Crippen molar-refractivity contribution in [3.63, 3.8) is 0 Å². The van der Waals surface area contributed by atoms with E-state index in [2.05, 4.69) is 44.6 Å². The van der Waals surface area contributed by atoms with E-state index in [-0.39, 0.29) is 5.41 Å². The Morgan fingerprint density at radius 1 is 1.46 bits per heavy atom. The zero-order valence-corrected chi connectivity index (χ0v) is 9.30. The van der Waals surface area contributed by atoms with Gasteiger partial charge in [-0.15, -0.1) is 0 Å². The third kappa shape index (κ3) is 4.07. The Labute approximate surface area is 82.3 Å². The van der Waals surface area contributed by atoms with Gasteiger partial charge in [-0.05, 0) is 31.1 Å². The summed E-state index contributed by atoms with van der Waals surface area (Å²) >= 11 is 0. The summed E-state index contributed by atoms with van der Waals surface area (Å²) in [6.07, 6.45) is 8.39. The van der Waals surface area contributed by atoms with Gasteiger partial charge in [0, 0.05) is 6.20 Å². The molecular weight excluding hydrogens is 158 g/mol. The number of aliphatic imine (C=N–C) groups is 1. The molecule has 0 aliphatic rings. The van der Waals surface area contributed by atoms with Gasteiger partial charge in [0.2, 0.25) is 0 Å². The summed E-state index contributed by atoms with van der Waals surface area (Å²) in [7, 11) is 0. The molecule has 0 saturated carbocycles. The molecule has 0 fully saturated rings. The highest BCUT2D eigenvalue weighted by Crippen LogP contribution is 2.32. The van der Waals surface area contributed by atoms with Crippen LogP contribution in [0.5, 0.6) is 0 Å². The van der Waals surface area contributed by atoms with E-state index in [1.807, 2.05) is 13.1 Å². The topological polar surface area (TPSA) is 12.4 Å². The highest BCUT2D eigenvalue weighted by Gasteiger charge is 2.19. The highest BCUT2D eigenvalue weighted by atomic mass is 14.6. The molecular formula is C12H21N. The summed E-state index contributed by atoms with van der Waals surface area (Å²) in [4.78, 5) is 3.84. The molecule has 0 unspecified atom stereocenters. The van der Waals surface area contributed by atoms with Crippen molar-refractivity contribution in [2.24, 2.45) is 10.4 Å². The van der Waals surface area contributed by atoms with Gasteiger partial charge in [0.1, 0.15) is 0 Å². The van der Waals surface area contributed by atoms with E-state index in [0.29, 0.717) is 0 Å². The molecule has 0 rings (SSSR count). The lowest BCUT2D eigenvalue weighted by atomic mass is 9.80. The first-order valence-corrected chi connectivity index (χ1v) is 4.87. The Bertz CT molecular complexity index is 209. The highest BCUT2D eigenvalue weighted by molar-refractivity contribution is 5.31. The van der Waals surface area contributed by atoms with Gasteiger partial charge in [-0.2, -0.15) is 0 Å². The smallest absolute Gasteiger partial charge is 0.0297 e. The lowest BCUT2D eigenvalue weighted by Gasteiger charge is -2.25. The van der Waals surface area contributed by atoms with E-state index in [4.69, 9.17) is 0 Å². The predicted molar refractivity (Wildman–Crippen MR) is 61.1 cm³/mol. The van der Waals surface area contributed by atoms with E-state index in [9.17, 15) is 0 Å². The Hall–Kier alpha value is -0.850. The molecule has 0 heterocycles. The molecule has 0 aliphatic carbocycles. The van der Waals surface area contributed by atoms with Gasteiger partial charge in [0.25, 0.3) is 0 Å². The molecule has 0 amide bonds. The summed E-state index contributed by atoms with van der Waals surface area (Å²) in [5.74, 6) is 0. The van der Waals surface area contributed by atoms with Crippen molar-refractivity contribution in [2.45, 2.75) is 40.5 Å². The van der Waals surface area contributed by atoms with E-state index in [1.54, 1.807) is 0 Å². The van der Waals surface area contributed by atoms with E-state index in [0.717, 1.165) is 0 Å². The van der Waals surface area contributed by atoms with Crippen molar-refractivity contribution in [3.8, 4) is 0 Å². The second-order valence-corrected chi connectivity index (χ2v) is 3.90. The van der Waals surface area contributed by atoms with Gasteiger partial charge >= 0.3 is 0 Å². The maximum absolute atomic E-state index is 3.84. The first-order chi connectivity index (χ1) is 6.08. The maximum Gasteiger partial charge on any atom is 0.0297 e. The Kier molecular flexibility index (Phi) is 5.36. The van der Waals surface area contributed by atoms with Crippen molar-refractivity contribution in [1.82, 2.24) is 0 Å². The number of rotatable bonds is 5. The quantitative estimate of drug-likeness (QED) is 0.447. The Morgan fingerprint density at radius 3 is 2.46 bits per heavy atom. The van der Waals surface area contributed by atoms with Gasteiger partial charge in [0.15, 0.2) is 0 Å². The average Bonchev–Trinajstić information content (AvgIpc) is 2.04. The molecule has 0 atom stereocenters. The van der Waals surface area contributed by atoms with Crippen molar-refractivity contribution in [3.05, 3.63) is 23.9 Å². The van der Waals surface area contributed by atoms with Crippen LogP contribution in [0.4, 0.5) is 0 Å². The molecule has 74 valence electrons. The van der Waals surface area contributed by atoms with Crippen molar-refractivity contribution >= 4 is 6.72 Å². The summed E-state index contributed by atoms with van der Waals surface area (Å²) in [5.41, 5.74) is 1.47. The van der Waals surface area contributed by atoms with Crippen LogP contribution in [0.25, 0.3) is 0 Å². The molecule has 0 spiro atoms. The predicted octanol–water partition coefficient (Wildman–Crippen LogP) is 3.97. The fourth-order valence-electron chi connectivity index (χ4n) is 1.49. The van der Waals surface area contributed by atoms with Gasteiger partial charge in [-0.25, -0.2) is 0 Å². The van der Waals surface area contributed by atoms with E-state index >= 15 is 0 Å². The SMILES string of the molecule is C=N/C=C(\C=C/C)C(C)(C)CCC. The van der Waals surface area contributed by atoms with Crippen LogP contribution in [0.2, 0.25) is 0 Å². The Balaban J connectivity index is 4.71. The van der Waals surface area contributed by atoms with Gasteiger partial charge in [-0.1, -0.05) is 39.3 Å². The zero-order chi connectivity index (χ0) is 10.3. The molecule has 1 heteroatoms. The van der Waals surface area contributed by atoms with Crippen LogP contribution in [0, 0.1) is 5.41 Å². The minimum Gasteiger partial charge on any atom is -0.272 e. The van der Waals surface area contributed by atoms with Gasteiger partial charge in [-0.3, -0.25) is 4.99 Å². The van der Waals surface area contributed by atoms with Gasteiger partial charge < -0.3 is 0 Å². The Morgan fingerprint density at radius 2 is 2.08 bits per heavy atom. The van der Waals surface area contributed by atoms with Crippen LogP contribution in [0.3, 0.4) is 0 Å². The molecule has 0 aromatic carbocycles. The first kappa shape index (κ1) is 12.2. The fraction of sp³-hybridized carbons (Fsp3) is 0.583. The summed E-state index contributed by atoms with van der Waals surface area (Å²) in [6.45, 7) is 12.2. The lowest BCUT2D eigenvalue weighted by molar-refractivity contribution is 0.411. The number of hydrogen-bond donors (Lipinski definition) is 0. The number of nitrogens with zero attached hydrogens (tertiary/aromatic N) is 1. The van der Waals surface area contributed by atoms with Crippen LogP contribution in [-0.4, -0.2) is 6.72 Å². The molecule has 0 aliphatic heterocycles. The molecule has 1 nitrogen and oxygen atoms in total. The summed E-state index contributed by atoms with van der Waals surface area (Å²) < 4.78 is 0. The standard InChI is InChI=1S/C12H21N/c1-6-8-11(10-13-5)12(3,4)9-7-2/h6,8,10H,5,7,9H2,1-4H3/b8-6-,11-10+. The second-order valence-electron chi connectivity index (χ2n) is 3.90. The molecule has 0 aromatic rings. The normalized spacial score (nSPS) is 13.7. The fourth-order valence-corrected chi connectivity index (χ4v) is 1.49. The largest absolute Gasteiger partial charge is 0.272 e. The molecule has 13 heavy (non-hydrogen) atoms. The molecule has 0 aromatic heterocycles. The van der Waals surface area contributed by atoms with Crippen LogP contribution in [-0.2, 0) is 0 Å². The monoisotopic (exact) mass is 179 g/mol. The third-order valence-corrected chi connectivity index (χ3v) is 2.23. The van der Waals surface area contributed by atoms with Crippen molar-refractivity contribution in [2.75, 3.05) is 0 Å². The molecule has 0 bridgehead atoms. The van der Waals surface area contributed by atoms with E-state index < -0.39 is 0 Å².